The summed E-state index contributed by atoms with van der Waals surface area (Å²) in [6.45, 7) is 8.02. The van der Waals surface area contributed by atoms with Gasteiger partial charge in [0.05, 0.1) is 6.61 Å². The number of ether oxygens (including phenoxy) is 2. The molecule has 162 valence electrons. The Balaban J connectivity index is 1.80. The summed E-state index contributed by atoms with van der Waals surface area (Å²) in [6.07, 6.45) is 0. The van der Waals surface area contributed by atoms with Gasteiger partial charge in [-0.25, -0.2) is 4.79 Å². The predicted molar refractivity (Wildman–Crippen MR) is 125 cm³/mol. The van der Waals surface area contributed by atoms with E-state index in [-0.39, 0.29) is 25.0 Å². The van der Waals surface area contributed by atoms with Crippen molar-refractivity contribution >= 4 is 28.2 Å². The van der Waals surface area contributed by atoms with Gasteiger partial charge in [0, 0.05) is 10.9 Å². The maximum absolute atomic E-state index is 12.7. The number of amides is 1. The summed E-state index contributed by atoms with van der Waals surface area (Å²) in [5, 5.41) is 5.14. The number of anilines is 1. The van der Waals surface area contributed by atoms with Crippen molar-refractivity contribution in [3.05, 3.63) is 70.6 Å². The number of hydrogen-bond acceptors (Lipinski definition) is 5. The van der Waals surface area contributed by atoms with Gasteiger partial charge in [-0.3, -0.25) is 4.79 Å². The molecule has 3 rings (SSSR count). The molecule has 0 bridgehead atoms. The molecule has 0 radical (unpaired) electrons. The third-order valence-corrected chi connectivity index (χ3v) is 5.68. The molecule has 1 N–H and O–H groups in total. The average molecular weight is 438 g/mol. The minimum absolute atomic E-state index is 0.149. The van der Waals surface area contributed by atoms with Crippen LogP contribution in [0.15, 0.2) is 53.9 Å². The van der Waals surface area contributed by atoms with E-state index in [1.54, 1.807) is 6.92 Å². The van der Waals surface area contributed by atoms with E-state index in [1.165, 1.54) is 11.3 Å². The summed E-state index contributed by atoms with van der Waals surface area (Å²) in [7, 11) is 0. The van der Waals surface area contributed by atoms with E-state index >= 15 is 0 Å². The number of para-hydroxylation sites is 1. The second-order valence-corrected chi connectivity index (χ2v) is 8.35. The van der Waals surface area contributed by atoms with Gasteiger partial charge in [0.15, 0.2) is 6.61 Å². The molecule has 0 spiro atoms. The molecule has 3 aromatic rings. The SMILES string of the molecule is CCOC(=O)c1c(-c2ccc(C)cc2)csc1NC(=O)COc1ccccc1C(C)C. The van der Waals surface area contributed by atoms with Crippen LogP contribution in [-0.4, -0.2) is 25.1 Å². The van der Waals surface area contributed by atoms with Gasteiger partial charge in [0.1, 0.15) is 16.3 Å². The highest BCUT2D eigenvalue weighted by molar-refractivity contribution is 7.15. The molecule has 1 heterocycles. The number of carbonyl (C=O) groups is 2. The van der Waals surface area contributed by atoms with Crippen LogP contribution in [0.25, 0.3) is 11.1 Å². The molecule has 5 nitrogen and oxygen atoms in total. The smallest absolute Gasteiger partial charge is 0.341 e. The Hall–Kier alpha value is -3.12. The fourth-order valence-corrected chi connectivity index (χ4v) is 4.17. The minimum Gasteiger partial charge on any atom is -0.483 e. The van der Waals surface area contributed by atoms with Crippen LogP contribution in [0.3, 0.4) is 0 Å². The van der Waals surface area contributed by atoms with Crippen LogP contribution < -0.4 is 10.1 Å². The van der Waals surface area contributed by atoms with Crippen molar-refractivity contribution in [3.63, 3.8) is 0 Å². The first-order valence-electron chi connectivity index (χ1n) is 10.3. The van der Waals surface area contributed by atoms with Crippen molar-refractivity contribution in [1.82, 2.24) is 0 Å². The first-order valence-corrected chi connectivity index (χ1v) is 11.2. The third-order valence-electron chi connectivity index (χ3n) is 4.79. The lowest BCUT2D eigenvalue weighted by Crippen LogP contribution is -2.21. The number of rotatable bonds is 8. The van der Waals surface area contributed by atoms with E-state index in [4.69, 9.17) is 9.47 Å². The number of esters is 1. The highest BCUT2D eigenvalue weighted by Gasteiger charge is 2.23. The van der Waals surface area contributed by atoms with E-state index < -0.39 is 5.97 Å². The maximum Gasteiger partial charge on any atom is 0.341 e. The van der Waals surface area contributed by atoms with Gasteiger partial charge in [0.25, 0.3) is 5.91 Å². The number of thiophene rings is 1. The number of hydrogen-bond donors (Lipinski definition) is 1. The summed E-state index contributed by atoms with van der Waals surface area (Å²) in [6, 6.07) is 15.6. The molecule has 1 aromatic heterocycles. The second-order valence-electron chi connectivity index (χ2n) is 7.47. The van der Waals surface area contributed by atoms with Crippen LogP contribution in [0.4, 0.5) is 5.00 Å². The van der Waals surface area contributed by atoms with Gasteiger partial charge < -0.3 is 14.8 Å². The first kappa shape index (κ1) is 22.6. The molecule has 0 saturated carbocycles. The van der Waals surface area contributed by atoms with Crippen LogP contribution in [0, 0.1) is 6.92 Å². The zero-order valence-corrected chi connectivity index (χ0v) is 19.0. The molecule has 1 amide bonds. The quantitative estimate of drug-likeness (QED) is 0.436. The summed E-state index contributed by atoms with van der Waals surface area (Å²) in [4.78, 5) is 25.3. The Morgan fingerprint density at radius 2 is 1.77 bits per heavy atom. The molecule has 0 saturated heterocycles. The fraction of sp³-hybridized carbons (Fsp3) is 0.280. The average Bonchev–Trinajstić information content (AvgIpc) is 3.16. The molecule has 0 atom stereocenters. The highest BCUT2D eigenvalue weighted by Crippen LogP contribution is 2.36. The molecule has 0 aliphatic heterocycles. The Morgan fingerprint density at radius 1 is 1.06 bits per heavy atom. The van der Waals surface area contributed by atoms with Crippen LogP contribution in [0.2, 0.25) is 0 Å². The normalized spacial score (nSPS) is 10.7. The standard InChI is InChI=1S/C25H27NO4S/c1-5-29-25(28)23-20(18-12-10-17(4)11-13-18)15-31-24(23)26-22(27)14-30-21-9-7-6-8-19(21)16(2)3/h6-13,15-16H,5,14H2,1-4H3,(H,26,27). The first-order chi connectivity index (χ1) is 14.9. The zero-order chi connectivity index (χ0) is 22.4. The molecule has 31 heavy (non-hydrogen) atoms. The molecule has 0 fully saturated rings. The number of aryl methyl sites for hydroxylation is 1. The van der Waals surface area contributed by atoms with Gasteiger partial charge in [0.2, 0.25) is 0 Å². The van der Waals surface area contributed by atoms with Crippen molar-refractivity contribution < 1.29 is 19.1 Å². The molecule has 0 aliphatic carbocycles. The number of nitrogens with one attached hydrogen (secondary N) is 1. The van der Waals surface area contributed by atoms with Crippen LogP contribution in [0.5, 0.6) is 5.75 Å². The predicted octanol–water partition coefficient (Wildman–Crippen LogP) is 6.04. The topological polar surface area (TPSA) is 64.6 Å². The van der Waals surface area contributed by atoms with Crippen LogP contribution in [0.1, 0.15) is 48.2 Å². The Morgan fingerprint density at radius 3 is 2.45 bits per heavy atom. The van der Waals surface area contributed by atoms with E-state index in [9.17, 15) is 9.59 Å². The lowest BCUT2D eigenvalue weighted by Gasteiger charge is -2.14. The summed E-state index contributed by atoms with van der Waals surface area (Å²) >= 11 is 1.30. The highest BCUT2D eigenvalue weighted by atomic mass is 32.1. The Kier molecular flexibility index (Phi) is 7.47. The number of benzene rings is 2. The summed E-state index contributed by atoms with van der Waals surface area (Å²) < 4.78 is 11.0. The van der Waals surface area contributed by atoms with Gasteiger partial charge >= 0.3 is 5.97 Å². The Labute approximate surface area is 187 Å². The molecular formula is C25H27NO4S. The van der Waals surface area contributed by atoms with E-state index in [0.717, 1.165) is 22.3 Å². The Bertz CT molecular complexity index is 1050. The molecular weight excluding hydrogens is 410 g/mol. The van der Waals surface area contributed by atoms with Gasteiger partial charge in [-0.15, -0.1) is 11.3 Å². The maximum atomic E-state index is 12.7. The van der Waals surface area contributed by atoms with Crippen molar-refractivity contribution in [2.24, 2.45) is 0 Å². The van der Waals surface area contributed by atoms with Gasteiger partial charge in [-0.05, 0) is 37.0 Å². The zero-order valence-electron chi connectivity index (χ0n) is 18.2. The third kappa shape index (κ3) is 5.52. The minimum atomic E-state index is -0.458. The second kappa shape index (κ2) is 10.3. The lowest BCUT2D eigenvalue weighted by atomic mass is 10.0. The van der Waals surface area contributed by atoms with Crippen LogP contribution in [-0.2, 0) is 9.53 Å². The largest absolute Gasteiger partial charge is 0.483 e. The van der Waals surface area contributed by atoms with Crippen molar-refractivity contribution in [2.75, 3.05) is 18.5 Å². The van der Waals surface area contributed by atoms with Crippen molar-refractivity contribution in [2.45, 2.75) is 33.6 Å². The summed E-state index contributed by atoms with van der Waals surface area (Å²) in [5.41, 5.74) is 4.17. The fourth-order valence-electron chi connectivity index (χ4n) is 3.20. The van der Waals surface area contributed by atoms with E-state index in [2.05, 4.69) is 19.2 Å². The molecule has 6 heteroatoms. The summed E-state index contributed by atoms with van der Waals surface area (Å²) in [5.74, 6) is 0.177. The number of carbonyl (C=O) groups excluding carboxylic acids is 2. The lowest BCUT2D eigenvalue weighted by molar-refractivity contribution is -0.118. The van der Waals surface area contributed by atoms with Gasteiger partial charge in [-0.2, -0.15) is 0 Å². The van der Waals surface area contributed by atoms with E-state index in [1.807, 2.05) is 60.8 Å². The van der Waals surface area contributed by atoms with Gasteiger partial charge in [-0.1, -0.05) is 61.9 Å². The van der Waals surface area contributed by atoms with Crippen molar-refractivity contribution in [3.8, 4) is 16.9 Å². The van der Waals surface area contributed by atoms with Crippen molar-refractivity contribution in [1.29, 1.82) is 0 Å². The molecule has 0 unspecified atom stereocenters. The molecule has 2 aromatic carbocycles. The monoisotopic (exact) mass is 437 g/mol. The van der Waals surface area contributed by atoms with E-state index in [0.29, 0.717) is 16.3 Å². The molecule has 0 aliphatic rings. The van der Waals surface area contributed by atoms with Crippen LogP contribution >= 0.6 is 11.3 Å².